The molecule has 0 saturated carbocycles. The molecule has 3 aromatic heterocycles. The van der Waals surface area contributed by atoms with E-state index in [-0.39, 0.29) is 5.43 Å². The van der Waals surface area contributed by atoms with Crippen molar-refractivity contribution in [2.24, 2.45) is 0 Å². The number of nitrogens with one attached hydrogen (secondary N) is 1. The number of imidazole rings is 1. The molecule has 5 aromatic rings. The SMILES string of the molecule is Cc1cc2c(c(Cn3ccnc3)n1)c(=O)cc(Nc1ccccc1)n2-c1ccccc1. The number of hydrogen-bond acceptors (Lipinski definition) is 4. The van der Waals surface area contributed by atoms with Gasteiger partial charge in [0.2, 0.25) is 0 Å². The Balaban J connectivity index is 1.79. The highest BCUT2D eigenvalue weighted by atomic mass is 16.1. The van der Waals surface area contributed by atoms with Gasteiger partial charge < -0.3 is 9.88 Å². The molecule has 0 fully saturated rings. The van der Waals surface area contributed by atoms with Crippen LogP contribution < -0.4 is 10.7 Å². The van der Waals surface area contributed by atoms with Gasteiger partial charge >= 0.3 is 0 Å². The van der Waals surface area contributed by atoms with E-state index in [0.717, 1.165) is 28.3 Å². The minimum Gasteiger partial charge on any atom is -0.341 e. The summed E-state index contributed by atoms with van der Waals surface area (Å²) in [4.78, 5) is 22.1. The van der Waals surface area contributed by atoms with Gasteiger partial charge in [0.25, 0.3) is 0 Å². The topological polar surface area (TPSA) is 64.7 Å². The summed E-state index contributed by atoms with van der Waals surface area (Å²) >= 11 is 0. The Morgan fingerprint density at radius 2 is 1.71 bits per heavy atom. The van der Waals surface area contributed by atoms with Gasteiger partial charge in [0, 0.05) is 35.5 Å². The molecule has 3 heterocycles. The van der Waals surface area contributed by atoms with Gasteiger partial charge in [0.1, 0.15) is 5.82 Å². The summed E-state index contributed by atoms with van der Waals surface area (Å²) in [6, 6.07) is 23.5. The van der Waals surface area contributed by atoms with Crippen LogP contribution in [0.3, 0.4) is 0 Å². The van der Waals surface area contributed by atoms with Crippen LogP contribution in [0.2, 0.25) is 0 Å². The van der Waals surface area contributed by atoms with Crippen molar-refractivity contribution in [1.82, 2.24) is 19.1 Å². The number of pyridine rings is 2. The molecule has 0 aliphatic carbocycles. The van der Waals surface area contributed by atoms with Crippen molar-refractivity contribution in [2.45, 2.75) is 13.5 Å². The van der Waals surface area contributed by atoms with Crippen LogP contribution >= 0.6 is 0 Å². The molecule has 0 radical (unpaired) electrons. The number of rotatable bonds is 5. The maximum absolute atomic E-state index is 13.3. The Morgan fingerprint density at radius 1 is 0.968 bits per heavy atom. The summed E-state index contributed by atoms with van der Waals surface area (Å²) in [5.41, 5.74) is 4.21. The van der Waals surface area contributed by atoms with Gasteiger partial charge in [-0.15, -0.1) is 0 Å². The second-order valence-corrected chi connectivity index (χ2v) is 7.40. The third-order valence-corrected chi connectivity index (χ3v) is 5.15. The van der Waals surface area contributed by atoms with E-state index in [1.807, 2.05) is 84.4 Å². The van der Waals surface area contributed by atoms with Crippen LogP contribution in [-0.4, -0.2) is 19.1 Å². The van der Waals surface area contributed by atoms with E-state index in [4.69, 9.17) is 4.98 Å². The van der Waals surface area contributed by atoms with Gasteiger partial charge in [0.05, 0.1) is 29.5 Å². The average molecular weight is 407 g/mol. The normalized spacial score (nSPS) is 11.0. The summed E-state index contributed by atoms with van der Waals surface area (Å²) in [7, 11) is 0. The molecule has 0 atom stereocenters. The molecular formula is C25H21N5O. The summed E-state index contributed by atoms with van der Waals surface area (Å²) in [6.07, 6.45) is 5.33. The minimum atomic E-state index is -0.0665. The number of para-hydroxylation sites is 2. The van der Waals surface area contributed by atoms with Crippen molar-refractivity contribution >= 4 is 22.4 Å². The van der Waals surface area contributed by atoms with Crippen molar-refractivity contribution in [3.8, 4) is 5.69 Å². The molecule has 0 aliphatic heterocycles. The van der Waals surface area contributed by atoms with Crippen LogP contribution in [-0.2, 0) is 6.54 Å². The highest BCUT2D eigenvalue weighted by Crippen LogP contribution is 2.27. The van der Waals surface area contributed by atoms with Gasteiger partial charge in [0.15, 0.2) is 5.43 Å². The largest absolute Gasteiger partial charge is 0.341 e. The van der Waals surface area contributed by atoms with E-state index in [1.54, 1.807) is 18.6 Å². The van der Waals surface area contributed by atoms with E-state index in [9.17, 15) is 4.79 Å². The lowest BCUT2D eigenvalue weighted by Crippen LogP contribution is -2.16. The van der Waals surface area contributed by atoms with Gasteiger partial charge in [-0.2, -0.15) is 0 Å². The first-order valence-corrected chi connectivity index (χ1v) is 10.1. The monoisotopic (exact) mass is 407 g/mol. The average Bonchev–Trinajstić information content (AvgIpc) is 3.28. The predicted octanol–water partition coefficient (Wildman–Crippen LogP) is 4.68. The lowest BCUT2D eigenvalue weighted by molar-refractivity contribution is 0.775. The fraction of sp³-hybridized carbons (Fsp3) is 0.0800. The molecule has 5 rings (SSSR count). The summed E-state index contributed by atoms with van der Waals surface area (Å²) in [6.45, 7) is 2.43. The van der Waals surface area contributed by atoms with Gasteiger partial charge in [-0.05, 0) is 37.3 Å². The lowest BCUT2D eigenvalue weighted by Gasteiger charge is -2.20. The van der Waals surface area contributed by atoms with E-state index in [1.165, 1.54) is 0 Å². The maximum atomic E-state index is 13.3. The van der Waals surface area contributed by atoms with Crippen molar-refractivity contribution in [1.29, 1.82) is 0 Å². The minimum absolute atomic E-state index is 0.0665. The van der Waals surface area contributed by atoms with E-state index in [0.29, 0.717) is 17.7 Å². The molecule has 6 nitrogen and oxygen atoms in total. The van der Waals surface area contributed by atoms with Gasteiger partial charge in [-0.25, -0.2) is 4.98 Å². The van der Waals surface area contributed by atoms with Crippen molar-refractivity contribution in [3.63, 3.8) is 0 Å². The van der Waals surface area contributed by atoms with Crippen LogP contribution in [0.15, 0.2) is 96.3 Å². The summed E-state index contributed by atoms with van der Waals surface area (Å²) in [5, 5.41) is 4.03. The van der Waals surface area contributed by atoms with Gasteiger partial charge in [-0.3, -0.25) is 14.3 Å². The number of hydrogen-bond donors (Lipinski definition) is 1. The number of benzene rings is 2. The van der Waals surface area contributed by atoms with Crippen LogP contribution in [0.5, 0.6) is 0 Å². The Bertz CT molecular complexity index is 1390. The Labute approximate surface area is 179 Å². The Hall–Kier alpha value is -4.19. The molecule has 0 unspecified atom stereocenters. The smallest absolute Gasteiger partial charge is 0.193 e. The molecule has 0 amide bonds. The number of aryl methyl sites for hydroxylation is 1. The van der Waals surface area contributed by atoms with Crippen molar-refractivity contribution in [2.75, 3.05) is 5.32 Å². The molecule has 0 saturated heterocycles. The lowest BCUT2D eigenvalue weighted by atomic mass is 10.1. The molecular weight excluding hydrogens is 386 g/mol. The third-order valence-electron chi connectivity index (χ3n) is 5.15. The zero-order chi connectivity index (χ0) is 21.2. The third kappa shape index (κ3) is 3.71. The number of fused-ring (bicyclic) bond motifs is 1. The molecule has 1 N–H and O–H groups in total. The first-order valence-electron chi connectivity index (χ1n) is 10.1. The number of nitrogens with zero attached hydrogens (tertiary/aromatic N) is 4. The fourth-order valence-corrected chi connectivity index (χ4v) is 3.84. The van der Waals surface area contributed by atoms with E-state index in [2.05, 4.69) is 14.9 Å². The highest BCUT2D eigenvalue weighted by molar-refractivity contribution is 5.86. The summed E-state index contributed by atoms with van der Waals surface area (Å²) < 4.78 is 4.00. The highest BCUT2D eigenvalue weighted by Gasteiger charge is 2.16. The second-order valence-electron chi connectivity index (χ2n) is 7.40. The van der Waals surface area contributed by atoms with E-state index < -0.39 is 0 Å². The second kappa shape index (κ2) is 7.91. The first kappa shape index (κ1) is 18.8. The zero-order valence-electron chi connectivity index (χ0n) is 17.1. The van der Waals surface area contributed by atoms with Crippen molar-refractivity contribution in [3.05, 3.63) is 113 Å². The standard InChI is InChI=1S/C25H21N5O/c1-18-14-22-25(21(27-18)16-29-13-12-26-17-29)23(31)15-24(28-19-8-4-2-5-9-19)30(22)20-10-6-3-7-11-20/h2-15,17,28H,16H2,1H3. The van der Waals surface area contributed by atoms with Crippen LogP contribution in [0.4, 0.5) is 11.5 Å². The van der Waals surface area contributed by atoms with Crippen molar-refractivity contribution < 1.29 is 0 Å². The molecule has 31 heavy (non-hydrogen) atoms. The number of aromatic nitrogens is 4. The zero-order valence-corrected chi connectivity index (χ0v) is 17.1. The maximum Gasteiger partial charge on any atom is 0.193 e. The molecule has 6 heteroatoms. The Morgan fingerprint density at radius 3 is 2.42 bits per heavy atom. The molecule has 0 spiro atoms. The van der Waals surface area contributed by atoms with E-state index >= 15 is 0 Å². The predicted molar refractivity (Wildman–Crippen MR) is 123 cm³/mol. The molecule has 152 valence electrons. The first-order chi connectivity index (χ1) is 15.2. The van der Waals surface area contributed by atoms with Crippen LogP contribution in [0.25, 0.3) is 16.6 Å². The molecule has 0 bridgehead atoms. The molecule has 0 aliphatic rings. The summed E-state index contributed by atoms with van der Waals surface area (Å²) in [5.74, 6) is 0.703. The number of anilines is 2. The molecule has 2 aromatic carbocycles. The van der Waals surface area contributed by atoms with Crippen LogP contribution in [0, 0.1) is 6.92 Å². The quantitative estimate of drug-likeness (QED) is 0.459. The van der Waals surface area contributed by atoms with Crippen LogP contribution in [0.1, 0.15) is 11.4 Å². The Kier molecular flexibility index (Phi) is 4.80. The van der Waals surface area contributed by atoms with Gasteiger partial charge in [-0.1, -0.05) is 36.4 Å². The fourth-order valence-electron chi connectivity index (χ4n) is 3.84.